The fraction of sp³-hybridized carbons (Fsp3) is 0.400. The van der Waals surface area contributed by atoms with Gasteiger partial charge in [-0.05, 0) is 42.3 Å². The molecule has 0 bridgehead atoms. The van der Waals surface area contributed by atoms with Crippen molar-refractivity contribution in [3.05, 3.63) is 28.8 Å². The summed E-state index contributed by atoms with van der Waals surface area (Å²) in [5.41, 5.74) is 4.24. The third-order valence-corrected chi connectivity index (χ3v) is 4.52. The maximum atomic E-state index is 5.69. The normalized spacial score (nSPS) is 16.6. The zero-order valence-corrected chi connectivity index (χ0v) is 8.77. The summed E-state index contributed by atoms with van der Waals surface area (Å²) in [4.78, 5) is 0. The Morgan fingerprint density at radius 1 is 1.25 bits per heavy atom. The zero-order valence-electron chi connectivity index (χ0n) is 7.77. The van der Waals surface area contributed by atoms with Gasteiger partial charge in [0.1, 0.15) is 0 Å². The zero-order chi connectivity index (χ0) is 8.72. The molecule has 0 N–H and O–H groups in total. The maximum Gasteiger partial charge on any atom is 0.244 e. The summed E-state index contributed by atoms with van der Waals surface area (Å²) in [5, 5.41) is 1.51. The van der Waals surface area contributed by atoms with Crippen LogP contribution < -0.4 is 5.19 Å². The van der Waals surface area contributed by atoms with Crippen molar-refractivity contribution >= 4 is 14.2 Å². The largest absolute Gasteiger partial charge is 0.408 e. The van der Waals surface area contributed by atoms with Gasteiger partial charge >= 0.3 is 0 Å². The van der Waals surface area contributed by atoms with Crippen LogP contribution in [0.4, 0.5) is 0 Å². The molecule has 0 fully saturated rings. The molecular formula is C10H13OSi. The molecule has 1 aromatic rings. The smallest absolute Gasteiger partial charge is 0.244 e. The average molecular weight is 177 g/mol. The molecule has 0 atom stereocenters. The summed E-state index contributed by atoms with van der Waals surface area (Å²) in [5.74, 6) is 0. The molecule has 1 aromatic carbocycles. The van der Waals surface area contributed by atoms with Gasteiger partial charge < -0.3 is 4.43 Å². The molecule has 2 heteroatoms. The number of benzene rings is 1. The van der Waals surface area contributed by atoms with E-state index in [-0.39, 0.29) is 0 Å². The van der Waals surface area contributed by atoms with Crippen molar-refractivity contribution in [2.45, 2.75) is 27.0 Å². The van der Waals surface area contributed by atoms with E-state index >= 15 is 0 Å². The predicted octanol–water partition coefficient (Wildman–Crippen LogP) is 1.66. The Kier molecular flexibility index (Phi) is 1.81. The molecule has 2 rings (SSSR count). The number of hydrogen-bond acceptors (Lipinski definition) is 1. The summed E-state index contributed by atoms with van der Waals surface area (Å²) >= 11 is 0. The Hall–Kier alpha value is -0.603. The first-order chi connectivity index (χ1) is 5.70. The molecule has 0 spiro atoms. The third-order valence-electron chi connectivity index (χ3n) is 2.54. The minimum absolute atomic E-state index is 0.666. The van der Waals surface area contributed by atoms with Gasteiger partial charge in [-0.3, -0.25) is 0 Å². The van der Waals surface area contributed by atoms with Gasteiger partial charge in [-0.25, -0.2) is 0 Å². The van der Waals surface area contributed by atoms with Crippen LogP contribution in [-0.2, 0) is 11.0 Å². The summed E-state index contributed by atoms with van der Waals surface area (Å²) in [7, 11) is -0.666. The highest BCUT2D eigenvalue weighted by Gasteiger charge is 2.24. The second-order valence-electron chi connectivity index (χ2n) is 3.40. The third kappa shape index (κ3) is 1.03. The Morgan fingerprint density at radius 2 is 1.92 bits per heavy atom. The van der Waals surface area contributed by atoms with Crippen molar-refractivity contribution in [1.29, 1.82) is 0 Å². The average Bonchev–Trinajstić information content (AvgIpc) is 2.42. The molecular weight excluding hydrogens is 164 g/mol. The molecule has 0 saturated carbocycles. The lowest BCUT2D eigenvalue weighted by Crippen LogP contribution is -2.27. The Bertz CT molecular complexity index is 320. The van der Waals surface area contributed by atoms with Crippen molar-refractivity contribution in [1.82, 2.24) is 0 Å². The van der Waals surface area contributed by atoms with E-state index in [1.165, 1.54) is 21.9 Å². The van der Waals surface area contributed by atoms with Crippen LogP contribution in [0.1, 0.15) is 16.7 Å². The molecule has 1 radical (unpaired) electrons. The first kappa shape index (κ1) is 8.02. The van der Waals surface area contributed by atoms with Crippen LogP contribution in [0.2, 0.25) is 6.55 Å². The van der Waals surface area contributed by atoms with Crippen molar-refractivity contribution < 1.29 is 4.43 Å². The van der Waals surface area contributed by atoms with Crippen molar-refractivity contribution in [2.24, 2.45) is 0 Å². The predicted molar refractivity (Wildman–Crippen MR) is 52.0 cm³/mol. The van der Waals surface area contributed by atoms with Gasteiger partial charge in [0.25, 0.3) is 0 Å². The van der Waals surface area contributed by atoms with Gasteiger partial charge in [-0.1, -0.05) is 12.1 Å². The van der Waals surface area contributed by atoms with E-state index in [0.29, 0.717) is 0 Å². The molecule has 12 heavy (non-hydrogen) atoms. The van der Waals surface area contributed by atoms with Crippen molar-refractivity contribution in [3.63, 3.8) is 0 Å². The first-order valence-corrected chi connectivity index (χ1v) is 6.17. The molecule has 1 nitrogen and oxygen atoms in total. The molecule has 1 aliphatic heterocycles. The fourth-order valence-corrected chi connectivity index (χ4v) is 3.64. The monoisotopic (exact) mass is 177 g/mol. The van der Waals surface area contributed by atoms with E-state index in [2.05, 4.69) is 32.5 Å². The summed E-state index contributed by atoms with van der Waals surface area (Å²) in [6, 6.07) is 4.40. The standard InChI is InChI=1S/C10H13OSi/c1-7-4-5-8(2)10-9(7)6-11-12(10)3/h4-5H,6H2,1-3H3. The van der Waals surface area contributed by atoms with E-state index < -0.39 is 9.04 Å². The second-order valence-corrected chi connectivity index (χ2v) is 5.30. The molecule has 0 aromatic heterocycles. The fourth-order valence-electron chi connectivity index (χ4n) is 1.80. The minimum atomic E-state index is -0.666. The van der Waals surface area contributed by atoms with Gasteiger partial charge in [0.15, 0.2) is 0 Å². The van der Waals surface area contributed by atoms with Crippen molar-refractivity contribution in [2.75, 3.05) is 0 Å². The Balaban J connectivity index is 2.64. The van der Waals surface area contributed by atoms with Crippen LogP contribution in [0.5, 0.6) is 0 Å². The molecule has 0 saturated heterocycles. The number of rotatable bonds is 0. The minimum Gasteiger partial charge on any atom is -0.408 e. The Labute approximate surface area is 75.1 Å². The number of aryl methyl sites for hydroxylation is 2. The lowest BCUT2D eigenvalue weighted by atomic mass is 10.1. The molecule has 63 valence electrons. The van der Waals surface area contributed by atoms with E-state index in [0.717, 1.165) is 6.61 Å². The van der Waals surface area contributed by atoms with Gasteiger partial charge in [-0.15, -0.1) is 0 Å². The van der Waals surface area contributed by atoms with E-state index in [1.54, 1.807) is 0 Å². The van der Waals surface area contributed by atoms with Gasteiger partial charge in [0.05, 0.1) is 6.61 Å². The lowest BCUT2D eigenvalue weighted by Gasteiger charge is -2.06. The van der Waals surface area contributed by atoms with Crippen LogP contribution in [-0.4, -0.2) is 9.04 Å². The highest BCUT2D eigenvalue weighted by atomic mass is 28.3. The van der Waals surface area contributed by atoms with Gasteiger partial charge in [-0.2, -0.15) is 0 Å². The highest BCUT2D eigenvalue weighted by molar-refractivity contribution is 6.68. The van der Waals surface area contributed by atoms with Crippen molar-refractivity contribution in [3.8, 4) is 0 Å². The van der Waals surface area contributed by atoms with E-state index in [4.69, 9.17) is 4.43 Å². The van der Waals surface area contributed by atoms with Crippen LogP contribution in [0.15, 0.2) is 12.1 Å². The lowest BCUT2D eigenvalue weighted by molar-refractivity contribution is 0.333. The van der Waals surface area contributed by atoms with Crippen LogP contribution in [0, 0.1) is 13.8 Å². The van der Waals surface area contributed by atoms with E-state index in [9.17, 15) is 0 Å². The summed E-state index contributed by atoms with van der Waals surface area (Å²) in [6.45, 7) is 7.42. The van der Waals surface area contributed by atoms with Crippen LogP contribution in [0.25, 0.3) is 0 Å². The second kappa shape index (κ2) is 2.71. The first-order valence-electron chi connectivity index (χ1n) is 4.26. The molecule has 0 amide bonds. The Morgan fingerprint density at radius 3 is 2.58 bits per heavy atom. The molecule has 1 heterocycles. The molecule has 0 aliphatic carbocycles. The summed E-state index contributed by atoms with van der Waals surface area (Å²) in [6.07, 6.45) is 0. The maximum absolute atomic E-state index is 5.69. The SMILES string of the molecule is Cc1ccc(C)c2c1CO[Si]2C. The van der Waals surface area contributed by atoms with E-state index in [1.807, 2.05) is 0 Å². The quantitative estimate of drug-likeness (QED) is 0.548. The van der Waals surface area contributed by atoms with Crippen LogP contribution >= 0.6 is 0 Å². The highest BCUT2D eigenvalue weighted by Crippen LogP contribution is 2.17. The number of hydrogen-bond donors (Lipinski definition) is 0. The topological polar surface area (TPSA) is 9.23 Å². The van der Waals surface area contributed by atoms with Gasteiger partial charge in [0, 0.05) is 0 Å². The van der Waals surface area contributed by atoms with Gasteiger partial charge in [0.2, 0.25) is 9.04 Å². The summed E-state index contributed by atoms with van der Waals surface area (Å²) < 4.78 is 5.69. The number of fused-ring (bicyclic) bond motifs is 1. The van der Waals surface area contributed by atoms with Crippen LogP contribution in [0.3, 0.4) is 0 Å². The molecule has 0 unspecified atom stereocenters. The molecule has 1 aliphatic rings.